The minimum absolute atomic E-state index is 0.0526. The van der Waals surface area contributed by atoms with Crippen molar-refractivity contribution < 1.29 is 9.53 Å². The topological polar surface area (TPSA) is 72.6 Å². The summed E-state index contributed by atoms with van der Waals surface area (Å²) in [7, 11) is 3.49. The summed E-state index contributed by atoms with van der Waals surface area (Å²) in [5.74, 6) is 0.873. The lowest BCUT2D eigenvalue weighted by molar-refractivity contribution is 0.0747. The molecule has 8 nitrogen and oxygen atoms in total. The van der Waals surface area contributed by atoms with Crippen molar-refractivity contribution in [2.75, 3.05) is 44.8 Å². The molecule has 0 bridgehead atoms. The molecular weight excluding hydrogens is 418 g/mol. The fourth-order valence-corrected chi connectivity index (χ4v) is 4.70. The Labute approximate surface area is 191 Å². The van der Waals surface area contributed by atoms with E-state index in [0.717, 1.165) is 22.1 Å². The number of fused-ring (bicyclic) bond motifs is 3. The van der Waals surface area contributed by atoms with Gasteiger partial charge in [-0.05, 0) is 18.2 Å². The second-order valence-corrected chi connectivity index (χ2v) is 8.30. The Balaban J connectivity index is 1.55. The average molecular weight is 446 g/mol. The van der Waals surface area contributed by atoms with Crippen LogP contribution in [0.3, 0.4) is 0 Å². The van der Waals surface area contributed by atoms with Gasteiger partial charge in [-0.15, -0.1) is 0 Å². The molecule has 1 aliphatic heterocycles. The second-order valence-electron chi connectivity index (χ2n) is 8.30. The Morgan fingerprint density at radius 2 is 1.82 bits per heavy atom. The zero-order valence-electron chi connectivity index (χ0n) is 18.9. The third kappa shape index (κ3) is 3.66. The summed E-state index contributed by atoms with van der Waals surface area (Å²) in [6, 6.07) is 13.7. The monoisotopic (exact) mass is 445 g/mol. The van der Waals surface area contributed by atoms with E-state index in [2.05, 4.69) is 9.88 Å². The first-order valence-electron chi connectivity index (χ1n) is 11.1. The number of aryl methyl sites for hydroxylation is 1. The van der Waals surface area contributed by atoms with Crippen LogP contribution in [-0.4, -0.2) is 64.8 Å². The molecule has 170 valence electrons. The molecule has 0 spiro atoms. The lowest BCUT2D eigenvalue weighted by Gasteiger charge is -2.35. The molecule has 0 radical (unpaired) electrons. The van der Waals surface area contributed by atoms with Crippen molar-refractivity contribution in [1.29, 1.82) is 0 Å². The summed E-state index contributed by atoms with van der Waals surface area (Å²) in [6.07, 6.45) is 3.50. The fourth-order valence-electron chi connectivity index (χ4n) is 4.70. The van der Waals surface area contributed by atoms with Crippen molar-refractivity contribution in [2.24, 2.45) is 7.05 Å². The molecule has 33 heavy (non-hydrogen) atoms. The number of anilines is 1. The number of carbonyl (C=O) groups excluding carboxylic acids is 1. The van der Waals surface area contributed by atoms with Gasteiger partial charge in [0, 0.05) is 75.6 Å². The van der Waals surface area contributed by atoms with Crippen LogP contribution >= 0.6 is 0 Å². The van der Waals surface area contributed by atoms with Crippen LogP contribution in [0.15, 0.2) is 59.7 Å². The van der Waals surface area contributed by atoms with E-state index < -0.39 is 0 Å². The van der Waals surface area contributed by atoms with E-state index >= 15 is 0 Å². The van der Waals surface area contributed by atoms with Gasteiger partial charge in [0.25, 0.3) is 11.5 Å². The van der Waals surface area contributed by atoms with Crippen LogP contribution in [-0.2, 0) is 18.3 Å². The van der Waals surface area contributed by atoms with Crippen molar-refractivity contribution in [3.05, 3.63) is 70.8 Å². The number of hydrogen-bond donors (Lipinski definition) is 0. The molecule has 1 aromatic carbocycles. The number of methoxy groups -OCH3 is 1. The number of piperazine rings is 1. The van der Waals surface area contributed by atoms with E-state index in [-0.39, 0.29) is 11.5 Å². The highest BCUT2D eigenvalue weighted by molar-refractivity contribution is 6.17. The molecule has 0 N–H and O–H groups in total. The number of ether oxygens (including phenoxy) is 1. The number of para-hydroxylation sites is 1. The summed E-state index contributed by atoms with van der Waals surface area (Å²) < 4.78 is 8.69. The molecule has 4 heterocycles. The smallest absolute Gasteiger partial charge is 0.275 e. The second kappa shape index (κ2) is 8.71. The molecule has 1 amide bonds. The van der Waals surface area contributed by atoms with Crippen molar-refractivity contribution in [2.45, 2.75) is 6.54 Å². The SMILES string of the molecule is COCCn1cc(C(=O)N2CCN(c3ccccn3)CC2)c2c3ccccc3n(C)c2c1=O. The van der Waals surface area contributed by atoms with Gasteiger partial charge in [-0.2, -0.15) is 0 Å². The van der Waals surface area contributed by atoms with Crippen LogP contribution in [0.25, 0.3) is 21.8 Å². The van der Waals surface area contributed by atoms with E-state index in [1.807, 2.05) is 59.0 Å². The Bertz CT molecular complexity index is 1370. The first kappa shape index (κ1) is 21.2. The number of aromatic nitrogens is 3. The van der Waals surface area contributed by atoms with Gasteiger partial charge < -0.3 is 23.7 Å². The zero-order chi connectivity index (χ0) is 22.9. The van der Waals surface area contributed by atoms with Crippen LogP contribution in [0.1, 0.15) is 10.4 Å². The van der Waals surface area contributed by atoms with Gasteiger partial charge in [-0.25, -0.2) is 4.98 Å². The fraction of sp³-hybridized carbons (Fsp3) is 0.320. The molecule has 0 atom stereocenters. The van der Waals surface area contributed by atoms with Crippen molar-refractivity contribution in [3.63, 3.8) is 0 Å². The summed E-state index contributed by atoms with van der Waals surface area (Å²) >= 11 is 0. The lowest BCUT2D eigenvalue weighted by atomic mass is 10.1. The van der Waals surface area contributed by atoms with Crippen molar-refractivity contribution in [1.82, 2.24) is 19.0 Å². The number of carbonyl (C=O) groups is 1. The summed E-state index contributed by atoms with van der Waals surface area (Å²) in [5, 5.41) is 1.64. The number of amides is 1. The predicted molar refractivity (Wildman–Crippen MR) is 129 cm³/mol. The number of pyridine rings is 2. The third-order valence-electron chi connectivity index (χ3n) is 6.43. The Kier molecular flexibility index (Phi) is 5.60. The lowest BCUT2D eigenvalue weighted by Crippen LogP contribution is -2.49. The molecule has 3 aromatic heterocycles. The molecular formula is C25H27N5O3. The quantitative estimate of drug-likeness (QED) is 0.472. The van der Waals surface area contributed by atoms with Crippen LogP contribution in [0.4, 0.5) is 5.82 Å². The van der Waals surface area contributed by atoms with Gasteiger partial charge in [-0.3, -0.25) is 9.59 Å². The normalized spacial score (nSPS) is 14.4. The van der Waals surface area contributed by atoms with Crippen LogP contribution in [0.2, 0.25) is 0 Å². The van der Waals surface area contributed by atoms with E-state index in [1.165, 1.54) is 0 Å². The maximum absolute atomic E-state index is 13.8. The number of hydrogen-bond acceptors (Lipinski definition) is 5. The summed E-state index contributed by atoms with van der Waals surface area (Å²) in [6.45, 7) is 3.40. The first-order chi connectivity index (χ1) is 16.1. The predicted octanol–water partition coefficient (Wildman–Crippen LogP) is 2.50. The van der Waals surface area contributed by atoms with Gasteiger partial charge in [0.2, 0.25) is 0 Å². The minimum Gasteiger partial charge on any atom is -0.383 e. The largest absolute Gasteiger partial charge is 0.383 e. The molecule has 8 heteroatoms. The van der Waals surface area contributed by atoms with Crippen molar-refractivity contribution in [3.8, 4) is 0 Å². The Morgan fingerprint density at radius 3 is 2.55 bits per heavy atom. The van der Waals surface area contributed by atoms with Crippen LogP contribution in [0.5, 0.6) is 0 Å². The molecule has 0 unspecified atom stereocenters. The van der Waals surface area contributed by atoms with Gasteiger partial charge in [0.1, 0.15) is 11.3 Å². The molecule has 1 aliphatic rings. The van der Waals surface area contributed by atoms with E-state index in [1.54, 1.807) is 24.1 Å². The molecule has 1 fully saturated rings. The third-order valence-corrected chi connectivity index (χ3v) is 6.43. The number of benzene rings is 1. The maximum Gasteiger partial charge on any atom is 0.275 e. The van der Waals surface area contributed by atoms with E-state index in [0.29, 0.717) is 50.4 Å². The summed E-state index contributed by atoms with van der Waals surface area (Å²) in [4.78, 5) is 35.6. The van der Waals surface area contributed by atoms with Gasteiger partial charge in [0.05, 0.1) is 12.2 Å². The molecule has 4 aromatic rings. The van der Waals surface area contributed by atoms with Crippen LogP contribution in [0, 0.1) is 0 Å². The molecule has 5 rings (SSSR count). The molecule has 0 aliphatic carbocycles. The van der Waals surface area contributed by atoms with Crippen molar-refractivity contribution >= 4 is 33.5 Å². The highest BCUT2D eigenvalue weighted by atomic mass is 16.5. The van der Waals surface area contributed by atoms with E-state index in [9.17, 15) is 9.59 Å². The Hall–Kier alpha value is -3.65. The number of nitrogens with zero attached hydrogens (tertiary/aromatic N) is 5. The van der Waals surface area contributed by atoms with Gasteiger partial charge in [-0.1, -0.05) is 24.3 Å². The molecule has 1 saturated heterocycles. The highest BCUT2D eigenvalue weighted by Gasteiger charge is 2.27. The minimum atomic E-state index is -0.114. The molecule has 0 saturated carbocycles. The first-order valence-corrected chi connectivity index (χ1v) is 11.1. The van der Waals surface area contributed by atoms with Crippen LogP contribution < -0.4 is 10.5 Å². The standard InChI is InChI=1S/C25H27N5O3/c1-27-20-8-4-3-7-18(20)22-19(17-30(15-16-33-2)25(32)23(22)27)24(31)29-13-11-28(12-14-29)21-9-5-6-10-26-21/h3-10,17H,11-16H2,1-2H3. The number of rotatable bonds is 5. The zero-order valence-corrected chi connectivity index (χ0v) is 18.9. The van der Waals surface area contributed by atoms with Gasteiger partial charge in [0.15, 0.2) is 0 Å². The maximum atomic E-state index is 13.8. The highest BCUT2D eigenvalue weighted by Crippen LogP contribution is 2.30. The summed E-state index contributed by atoms with van der Waals surface area (Å²) in [5.41, 5.74) is 1.93. The van der Waals surface area contributed by atoms with Gasteiger partial charge >= 0.3 is 0 Å². The van der Waals surface area contributed by atoms with E-state index in [4.69, 9.17) is 4.74 Å². The average Bonchev–Trinajstić information content (AvgIpc) is 3.17. The Morgan fingerprint density at radius 1 is 1.06 bits per heavy atom.